The zero-order chi connectivity index (χ0) is 9.42. The molecule has 0 fully saturated rings. The molecule has 2 aromatic heterocycles. The molecule has 13 heavy (non-hydrogen) atoms. The van der Waals surface area contributed by atoms with Crippen LogP contribution in [-0.4, -0.2) is 16.1 Å². The van der Waals surface area contributed by atoms with Crippen molar-refractivity contribution in [2.45, 2.75) is 0 Å². The van der Waals surface area contributed by atoms with Crippen LogP contribution in [0.15, 0.2) is 22.0 Å². The Hall–Kier alpha value is -0.940. The second kappa shape index (κ2) is 3.08. The summed E-state index contributed by atoms with van der Waals surface area (Å²) in [5, 5.41) is 9.64. The van der Waals surface area contributed by atoms with E-state index in [0.717, 1.165) is 14.0 Å². The number of carboxylic acids is 1. The molecule has 0 atom stereocenters. The number of hydrogen-bond donors (Lipinski definition) is 1. The van der Waals surface area contributed by atoms with Crippen molar-refractivity contribution in [1.29, 1.82) is 0 Å². The van der Waals surface area contributed by atoms with Gasteiger partial charge in [0.25, 0.3) is 0 Å². The van der Waals surface area contributed by atoms with Gasteiger partial charge in [0.2, 0.25) is 0 Å². The van der Waals surface area contributed by atoms with Gasteiger partial charge in [0.05, 0.1) is 3.79 Å². The number of nitrogens with zero attached hydrogens (tertiary/aromatic N) is 1. The van der Waals surface area contributed by atoms with E-state index in [1.165, 1.54) is 17.4 Å². The number of carboxylic acid groups (broad SMARTS) is 1. The molecule has 0 aliphatic carbocycles. The summed E-state index contributed by atoms with van der Waals surface area (Å²) in [7, 11) is 0. The van der Waals surface area contributed by atoms with Crippen LogP contribution < -0.4 is 0 Å². The number of aromatic nitrogens is 1. The topological polar surface area (TPSA) is 50.2 Å². The van der Waals surface area contributed by atoms with Crippen molar-refractivity contribution in [3.63, 3.8) is 0 Å². The molecule has 0 saturated carbocycles. The highest BCUT2D eigenvalue weighted by Gasteiger charge is 2.07. The van der Waals surface area contributed by atoms with Gasteiger partial charge >= 0.3 is 5.97 Å². The first-order chi connectivity index (χ1) is 6.16. The zero-order valence-electron chi connectivity index (χ0n) is 6.32. The molecule has 0 amide bonds. The highest BCUT2D eigenvalue weighted by atomic mass is 79.9. The first kappa shape index (κ1) is 8.65. The number of rotatable bonds is 1. The average molecular weight is 258 g/mol. The lowest BCUT2D eigenvalue weighted by Crippen LogP contribution is -1.98. The molecule has 5 heteroatoms. The minimum Gasteiger partial charge on any atom is -0.477 e. The van der Waals surface area contributed by atoms with E-state index in [-0.39, 0.29) is 5.69 Å². The molecule has 0 aliphatic heterocycles. The summed E-state index contributed by atoms with van der Waals surface area (Å²) >= 11 is 4.74. The minimum atomic E-state index is -0.994. The molecule has 0 spiro atoms. The lowest BCUT2D eigenvalue weighted by atomic mass is 10.3. The lowest BCUT2D eigenvalue weighted by Gasteiger charge is -1.91. The van der Waals surface area contributed by atoms with Gasteiger partial charge in [0.15, 0.2) is 0 Å². The van der Waals surface area contributed by atoms with Crippen molar-refractivity contribution in [3.8, 4) is 0 Å². The fraction of sp³-hybridized carbons (Fsp3) is 0. The van der Waals surface area contributed by atoms with Crippen molar-refractivity contribution >= 4 is 43.5 Å². The second-order valence-electron chi connectivity index (χ2n) is 2.45. The van der Waals surface area contributed by atoms with E-state index in [0.29, 0.717) is 0 Å². The third-order valence-corrected chi connectivity index (χ3v) is 3.12. The van der Waals surface area contributed by atoms with Crippen LogP contribution in [0.3, 0.4) is 0 Å². The molecule has 3 nitrogen and oxygen atoms in total. The first-order valence-corrected chi connectivity index (χ1v) is 5.07. The van der Waals surface area contributed by atoms with E-state index in [4.69, 9.17) is 5.11 Å². The summed E-state index contributed by atoms with van der Waals surface area (Å²) in [4.78, 5) is 15.3. The Morgan fingerprint density at radius 1 is 1.54 bits per heavy atom. The zero-order valence-corrected chi connectivity index (χ0v) is 8.72. The number of carbonyl (C=O) groups is 1. The number of fused-ring (bicyclic) bond motifs is 1. The van der Waals surface area contributed by atoms with Gasteiger partial charge in [0.1, 0.15) is 10.5 Å². The molecule has 66 valence electrons. The Labute approximate surface area is 86.2 Å². The van der Waals surface area contributed by atoms with Crippen molar-refractivity contribution < 1.29 is 9.90 Å². The average Bonchev–Trinajstić information content (AvgIpc) is 2.42. The van der Waals surface area contributed by atoms with E-state index < -0.39 is 5.97 Å². The van der Waals surface area contributed by atoms with E-state index in [9.17, 15) is 4.79 Å². The van der Waals surface area contributed by atoms with E-state index in [1.807, 2.05) is 6.07 Å². The van der Waals surface area contributed by atoms with Crippen LogP contribution in [0.2, 0.25) is 0 Å². The molecule has 0 aliphatic rings. The van der Waals surface area contributed by atoms with Crippen molar-refractivity contribution in [1.82, 2.24) is 4.98 Å². The molecule has 0 aromatic carbocycles. The van der Waals surface area contributed by atoms with Gasteiger partial charge in [-0.15, -0.1) is 11.3 Å². The van der Waals surface area contributed by atoms with Gasteiger partial charge in [-0.25, -0.2) is 9.78 Å². The van der Waals surface area contributed by atoms with Gasteiger partial charge in [0, 0.05) is 5.39 Å². The lowest BCUT2D eigenvalue weighted by molar-refractivity contribution is 0.0691. The van der Waals surface area contributed by atoms with Crippen molar-refractivity contribution in [3.05, 3.63) is 27.7 Å². The third-order valence-electron chi connectivity index (χ3n) is 1.57. The van der Waals surface area contributed by atoms with Crippen molar-refractivity contribution in [2.75, 3.05) is 0 Å². The number of hydrogen-bond acceptors (Lipinski definition) is 3. The van der Waals surface area contributed by atoms with Gasteiger partial charge in [-0.3, -0.25) is 0 Å². The first-order valence-electron chi connectivity index (χ1n) is 3.46. The summed E-state index contributed by atoms with van der Waals surface area (Å²) < 4.78 is 0.956. The van der Waals surface area contributed by atoms with Crippen LogP contribution in [0.25, 0.3) is 10.2 Å². The van der Waals surface area contributed by atoms with Crippen LogP contribution in [0, 0.1) is 0 Å². The monoisotopic (exact) mass is 257 g/mol. The maximum atomic E-state index is 10.6. The van der Waals surface area contributed by atoms with Crippen LogP contribution in [0.5, 0.6) is 0 Å². The second-order valence-corrected chi connectivity index (χ2v) is 4.86. The van der Waals surface area contributed by atoms with Crippen LogP contribution in [-0.2, 0) is 0 Å². The fourth-order valence-electron chi connectivity index (χ4n) is 1.01. The third kappa shape index (κ3) is 1.57. The smallest absolute Gasteiger partial charge is 0.354 e. The number of aromatic carboxylic acids is 1. The molecule has 1 N–H and O–H groups in total. The molecule has 0 unspecified atom stereocenters. The maximum absolute atomic E-state index is 10.6. The highest BCUT2D eigenvalue weighted by Crippen LogP contribution is 2.28. The molecule has 2 rings (SSSR count). The minimum absolute atomic E-state index is 0.0850. The molecule has 0 saturated heterocycles. The summed E-state index contributed by atoms with van der Waals surface area (Å²) in [6.45, 7) is 0. The normalized spacial score (nSPS) is 10.5. The predicted octanol–water partition coefficient (Wildman–Crippen LogP) is 2.76. The highest BCUT2D eigenvalue weighted by molar-refractivity contribution is 9.11. The van der Waals surface area contributed by atoms with E-state index in [2.05, 4.69) is 20.9 Å². The van der Waals surface area contributed by atoms with Gasteiger partial charge in [-0.2, -0.15) is 0 Å². The molecule has 2 aromatic rings. The van der Waals surface area contributed by atoms with E-state index >= 15 is 0 Å². The number of pyridine rings is 1. The van der Waals surface area contributed by atoms with Gasteiger partial charge in [-0.05, 0) is 34.1 Å². The summed E-state index contributed by atoms with van der Waals surface area (Å²) in [5.41, 5.74) is 0.0850. The predicted molar refractivity (Wildman–Crippen MR) is 54.3 cm³/mol. The van der Waals surface area contributed by atoms with Gasteiger partial charge < -0.3 is 5.11 Å². The molecule has 0 radical (unpaired) electrons. The molecular weight excluding hydrogens is 254 g/mol. The summed E-state index contributed by atoms with van der Waals surface area (Å²) in [6.07, 6.45) is 0. The van der Waals surface area contributed by atoms with E-state index in [1.54, 1.807) is 6.07 Å². The van der Waals surface area contributed by atoms with Crippen LogP contribution >= 0.6 is 27.3 Å². The largest absolute Gasteiger partial charge is 0.477 e. The number of thiophene rings is 1. The quantitative estimate of drug-likeness (QED) is 0.855. The summed E-state index contributed by atoms with van der Waals surface area (Å²) in [6, 6.07) is 5.18. The Kier molecular flexibility index (Phi) is 2.05. The number of halogens is 1. The summed E-state index contributed by atoms with van der Waals surface area (Å²) in [5.74, 6) is -0.994. The molecular formula is C8H4BrNO2S. The molecule has 0 bridgehead atoms. The Balaban J connectivity index is 2.67. The Morgan fingerprint density at radius 2 is 2.31 bits per heavy atom. The Morgan fingerprint density at radius 3 is 3.00 bits per heavy atom. The standard InChI is InChI=1S/C8H4BrNO2S/c9-6-3-4-1-2-5(8(11)12)10-7(4)13-6/h1-3H,(H,11,12). The fourth-order valence-corrected chi connectivity index (χ4v) is 2.47. The SMILES string of the molecule is O=C(O)c1ccc2cc(Br)sc2n1. The van der Waals surface area contributed by atoms with Crippen molar-refractivity contribution in [2.24, 2.45) is 0 Å². The van der Waals surface area contributed by atoms with Gasteiger partial charge in [-0.1, -0.05) is 0 Å². The maximum Gasteiger partial charge on any atom is 0.354 e. The van der Waals surface area contributed by atoms with Crippen LogP contribution in [0.1, 0.15) is 10.5 Å². The van der Waals surface area contributed by atoms with Crippen LogP contribution in [0.4, 0.5) is 0 Å². The molecule has 2 heterocycles. The Bertz CT molecular complexity index is 480.